The van der Waals surface area contributed by atoms with Crippen molar-refractivity contribution < 1.29 is 4.79 Å². The molecule has 1 unspecified atom stereocenters. The van der Waals surface area contributed by atoms with Gasteiger partial charge in [-0.3, -0.25) is 10.1 Å². The Hall–Kier alpha value is -0.960. The summed E-state index contributed by atoms with van der Waals surface area (Å²) in [7, 11) is 0. The number of carbonyl (C=O) groups is 1. The summed E-state index contributed by atoms with van der Waals surface area (Å²) in [5, 5.41) is 13.3. The number of thiophene rings is 1. The standard InChI is InChI=1S/C12H16N4OS3/c1-2-4-9(13)10(17)14-11-15-16-12(20-11)19-7-8-5-3-6-18-8/h3,5-6,9H,2,4,7,13H2,1H3,(H,14,15,17). The molecule has 1 amide bonds. The first kappa shape index (κ1) is 15.4. The van der Waals surface area contributed by atoms with E-state index < -0.39 is 6.04 Å². The lowest BCUT2D eigenvalue weighted by atomic mass is 10.2. The van der Waals surface area contributed by atoms with Crippen molar-refractivity contribution in [2.24, 2.45) is 5.73 Å². The summed E-state index contributed by atoms with van der Waals surface area (Å²) in [5.74, 6) is 0.674. The Morgan fingerprint density at radius 3 is 3.10 bits per heavy atom. The van der Waals surface area contributed by atoms with E-state index in [0.717, 1.165) is 16.5 Å². The molecule has 20 heavy (non-hydrogen) atoms. The zero-order valence-corrected chi connectivity index (χ0v) is 13.5. The van der Waals surface area contributed by atoms with Crippen molar-refractivity contribution in [2.75, 3.05) is 5.32 Å². The monoisotopic (exact) mass is 328 g/mol. The molecular weight excluding hydrogens is 312 g/mol. The molecule has 5 nitrogen and oxygen atoms in total. The Labute approximate surface area is 130 Å². The van der Waals surface area contributed by atoms with Gasteiger partial charge in [-0.1, -0.05) is 42.5 Å². The number of aromatic nitrogens is 2. The van der Waals surface area contributed by atoms with Gasteiger partial charge in [-0.25, -0.2) is 0 Å². The Kier molecular flexibility index (Phi) is 5.96. The fraction of sp³-hybridized carbons (Fsp3) is 0.417. The Balaban J connectivity index is 1.84. The zero-order chi connectivity index (χ0) is 14.4. The lowest BCUT2D eigenvalue weighted by molar-refractivity contribution is -0.117. The molecule has 0 saturated carbocycles. The molecule has 1 atom stereocenters. The second kappa shape index (κ2) is 7.72. The van der Waals surface area contributed by atoms with Crippen LogP contribution in [0.4, 0.5) is 5.13 Å². The van der Waals surface area contributed by atoms with Gasteiger partial charge in [0.15, 0.2) is 4.34 Å². The third-order valence-corrected chi connectivity index (χ3v) is 5.57. The SMILES string of the molecule is CCCC(N)C(=O)Nc1nnc(SCc2cccs2)s1. The third-order valence-electron chi connectivity index (χ3n) is 2.49. The second-order valence-electron chi connectivity index (χ2n) is 4.13. The lowest BCUT2D eigenvalue weighted by Gasteiger charge is -2.08. The van der Waals surface area contributed by atoms with Crippen molar-refractivity contribution in [3.05, 3.63) is 22.4 Å². The van der Waals surface area contributed by atoms with Crippen LogP contribution in [0.15, 0.2) is 21.9 Å². The van der Waals surface area contributed by atoms with Crippen LogP contribution in [0, 0.1) is 0 Å². The average Bonchev–Trinajstić information content (AvgIpc) is 3.07. The van der Waals surface area contributed by atoms with E-state index >= 15 is 0 Å². The van der Waals surface area contributed by atoms with Crippen LogP contribution in [0.5, 0.6) is 0 Å². The molecule has 0 aliphatic rings. The van der Waals surface area contributed by atoms with Crippen molar-refractivity contribution in [3.63, 3.8) is 0 Å². The van der Waals surface area contributed by atoms with Crippen LogP contribution in [-0.2, 0) is 10.5 Å². The number of hydrogen-bond donors (Lipinski definition) is 2. The quantitative estimate of drug-likeness (QED) is 0.603. The van der Waals surface area contributed by atoms with Crippen LogP contribution in [-0.4, -0.2) is 22.1 Å². The number of rotatable bonds is 7. The highest BCUT2D eigenvalue weighted by atomic mass is 32.2. The molecule has 2 heterocycles. The topological polar surface area (TPSA) is 80.9 Å². The minimum Gasteiger partial charge on any atom is -0.320 e. The van der Waals surface area contributed by atoms with Crippen LogP contribution in [0.3, 0.4) is 0 Å². The van der Waals surface area contributed by atoms with E-state index in [4.69, 9.17) is 5.73 Å². The molecule has 0 spiro atoms. The van der Waals surface area contributed by atoms with Crippen molar-refractivity contribution in [3.8, 4) is 0 Å². The fourth-order valence-corrected chi connectivity index (χ4v) is 4.01. The van der Waals surface area contributed by atoms with Crippen LogP contribution in [0.1, 0.15) is 24.6 Å². The van der Waals surface area contributed by atoms with Gasteiger partial charge < -0.3 is 5.73 Å². The number of amides is 1. The van der Waals surface area contributed by atoms with Gasteiger partial charge in [0.2, 0.25) is 11.0 Å². The van der Waals surface area contributed by atoms with Gasteiger partial charge in [-0.2, -0.15) is 0 Å². The van der Waals surface area contributed by atoms with E-state index in [2.05, 4.69) is 27.0 Å². The minimum atomic E-state index is -0.480. The predicted octanol–water partition coefficient (Wildman–Crippen LogP) is 2.96. The number of nitrogens with zero attached hydrogens (tertiary/aromatic N) is 2. The van der Waals surface area contributed by atoms with Gasteiger partial charge in [0.1, 0.15) is 0 Å². The van der Waals surface area contributed by atoms with E-state index in [1.54, 1.807) is 23.1 Å². The maximum atomic E-state index is 11.8. The number of hydrogen-bond acceptors (Lipinski definition) is 7. The maximum absolute atomic E-state index is 11.8. The van der Waals surface area contributed by atoms with Crippen LogP contribution >= 0.6 is 34.4 Å². The molecule has 0 bridgehead atoms. The first-order chi connectivity index (χ1) is 9.69. The van der Waals surface area contributed by atoms with E-state index in [0.29, 0.717) is 11.6 Å². The van der Waals surface area contributed by atoms with Gasteiger partial charge in [0, 0.05) is 10.6 Å². The first-order valence-corrected chi connectivity index (χ1v) is 8.92. The number of nitrogens with two attached hydrogens (primary N) is 1. The average molecular weight is 328 g/mol. The molecule has 8 heteroatoms. The molecule has 2 rings (SSSR count). The molecule has 0 saturated heterocycles. The summed E-state index contributed by atoms with van der Waals surface area (Å²) in [6.45, 7) is 2.00. The van der Waals surface area contributed by atoms with Crippen molar-refractivity contribution >= 4 is 45.5 Å². The normalized spacial score (nSPS) is 12.3. The largest absolute Gasteiger partial charge is 0.320 e. The lowest BCUT2D eigenvalue weighted by Crippen LogP contribution is -2.35. The van der Waals surface area contributed by atoms with Crippen molar-refractivity contribution in [2.45, 2.75) is 35.9 Å². The summed E-state index contributed by atoms with van der Waals surface area (Å²) in [4.78, 5) is 13.0. The highest BCUT2D eigenvalue weighted by molar-refractivity contribution is 8.00. The van der Waals surface area contributed by atoms with Gasteiger partial charge in [-0.15, -0.1) is 21.5 Å². The molecule has 0 fully saturated rings. The predicted molar refractivity (Wildman–Crippen MR) is 85.3 cm³/mol. The molecule has 2 aromatic heterocycles. The smallest absolute Gasteiger partial charge is 0.243 e. The number of thioether (sulfide) groups is 1. The maximum Gasteiger partial charge on any atom is 0.243 e. The number of carbonyl (C=O) groups excluding carboxylic acids is 1. The van der Waals surface area contributed by atoms with Gasteiger partial charge in [0.05, 0.1) is 6.04 Å². The number of anilines is 1. The van der Waals surface area contributed by atoms with Crippen LogP contribution in [0.2, 0.25) is 0 Å². The molecule has 3 N–H and O–H groups in total. The summed E-state index contributed by atoms with van der Waals surface area (Å²) >= 11 is 4.71. The highest BCUT2D eigenvalue weighted by Gasteiger charge is 2.15. The molecule has 108 valence electrons. The van der Waals surface area contributed by atoms with Gasteiger partial charge in [-0.05, 0) is 17.9 Å². The molecule has 0 aliphatic carbocycles. The summed E-state index contributed by atoms with van der Waals surface area (Å²) in [5.41, 5.74) is 5.75. The van der Waals surface area contributed by atoms with Gasteiger partial charge >= 0.3 is 0 Å². The Morgan fingerprint density at radius 2 is 2.40 bits per heavy atom. The van der Waals surface area contributed by atoms with Crippen LogP contribution in [0.25, 0.3) is 0 Å². The van der Waals surface area contributed by atoms with E-state index in [1.165, 1.54) is 16.2 Å². The fourth-order valence-electron chi connectivity index (χ4n) is 1.49. The summed E-state index contributed by atoms with van der Waals surface area (Å²) < 4.78 is 0.845. The van der Waals surface area contributed by atoms with Crippen molar-refractivity contribution in [1.29, 1.82) is 0 Å². The minimum absolute atomic E-state index is 0.196. The number of nitrogens with one attached hydrogen (secondary N) is 1. The van der Waals surface area contributed by atoms with Crippen molar-refractivity contribution in [1.82, 2.24) is 10.2 Å². The molecular formula is C12H16N4OS3. The second-order valence-corrected chi connectivity index (χ2v) is 7.36. The third kappa shape index (κ3) is 4.55. The Bertz CT molecular complexity index is 541. The Morgan fingerprint density at radius 1 is 1.55 bits per heavy atom. The van der Waals surface area contributed by atoms with E-state index in [9.17, 15) is 4.79 Å². The van der Waals surface area contributed by atoms with E-state index in [1.807, 2.05) is 13.0 Å². The molecule has 0 aliphatic heterocycles. The molecule has 2 aromatic rings. The van der Waals surface area contributed by atoms with Gasteiger partial charge in [0.25, 0.3) is 0 Å². The first-order valence-electron chi connectivity index (χ1n) is 6.24. The molecule has 0 aromatic carbocycles. The summed E-state index contributed by atoms with van der Waals surface area (Å²) in [6, 6.07) is 3.64. The molecule has 0 radical (unpaired) electrons. The van der Waals surface area contributed by atoms with E-state index in [-0.39, 0.29) is 5.91 Å². The highest BCUT2D eigenvalue weighted by Crippen LogP contribution is 2.29. The van der Waals surface area contributed by atoms with Crippen LogP contribution < -0.4 is 11.1 Å². The summed E-state index contributed by atoms with van der Waals surface area (Å²) in [6.07, 6.45) is 1.55. The zero-order valence-electron chi connectivity index (χ0n) is 11.0.